The Balaban J connectivity index is 1.66. The molecule has 1 N–H and O–H groups in total. The van der Waals surface area contributed by atoms with Crippen LogP contribution in [-0.4, -0.2) is 37.0 Å². The lowest BCUT2D eigenvalue weighted by Gasteiger charge is -2.43. The van der Waals surface area contributed by atoms with E-state index in [9.17, 15) is 0 Å². The fraction of sp³-hybridized carbons (Fsp3) is 1.00. The minimum Gasteiger partial charge on any atom is -0.375 e. The van der Waals surface area contributed by atoms with Crippen LogP contribution in [0.25, 0.3) is 0 Å². The van der Waals surface area contributed by atoms with E-state index in [-0.39, 0.29) is 5.60 Å². The topological polar surface area (TPSA) is 30.5 Å². The summed E-state index contributed by atoms with van der Waals surface area (Å²) < 4.78 is 12.4. The molecule has 0 aromatic heterocycles. The molecular weight excluding hydrogens is 262 g/mol. The van der Waals surface area contributed by atoms with Gasteiger partial charge in [0.05, 0.1) is 17.8 Å². The first-order valence-electron chi connectivity index (χ1n) is 9.25. The Morgan fingerprint density at radius 3 is 2.67 bits per heavy atom. The molecule has 0 aromatic rings. The van der Waals surface area contributed by atoms with Gasteiger partial charge in [0.2, 0.25) is 0 Å². The molecule has 2 aliphatic heterocycles. The molecule has 122 valence electrons. The van der Waals surface area contributed by atoms with Gasteiger partial charge in [-0.1, -0.05) is 19.8 Å². The Morgan fingerprint density at radius 1 is 1.19 bits per heavy atom. The zero-order chi connectivity index (χ0) is 14.7. The molecule has 0 radical (unpaired) electrons. The molecule has 0 aromatic carbocycles. The Hall–Kier alpha value is -0.120. The summed E-state index contributed by atoms with van der Waals surface area (Å²) in [4.78, 5) is 0. The van der Waals surface area contributed by atoms with Gasteiger partial charge in [0.1, 0.15) is 0 Å². The molecule has 2 saturated heterocycles. The van der Waals surface area contributed by atoms with Crippen molar-refractivity contribution in [2.24, 2.45) is 5.92 Å². The zero-order valence-electron chi connectivity index (χ0n) is 13.9. The monoisotopic (exact) mass is 295 g/mol. The van der Waals surface area contributed by atoms with Crippen LogP contribution >= 0.6 is 0 Å². The second-order valence-corrected chi connectivity index (χ2v) is 7.53. The van der Waals surface area contributed by atoms with Crippen LogP contribution in [-0.2, 0) is 9.47 Å². The van der Waals surface area contributed by atoms with Gasteiger partial charge in [-0.25, -0.2) is 0 Å². The highest BCUT2D eigenvalue weighted by Crippen LogP contribution is 2.44. The van der Waals surface area contributed by atoms with Crippen molar-refractivity contribution in [1.29, 1.82) is 0 Å². The first kappa shape index (κ1) is 15.8. The van der Waals surface area contributed by atoms with E-state index in [1.54, 1.807) is 0 Å². The van der Waals surface area contributed by atoms with E-state index in [1.165, 1.54) is 57.8 Å². The third kappa shape index (κ3) is 3.62. The van der Waals surface area contributed by atoms with Crippen LogP contribution in [0.1, 0.15) is 71.6 Å². The van der Waals surface area contributed by atoms with Gasteiger partial charge in [-0.3, -0.25) is 0 Å². The number of hydrogen-bond acceptors (Lipinski definition) is 3. The van der Waals surface area contributed by atoms with Gasteiger partial charge in [0, 0.05) is 12.6 Å². The quantitative estimate of drug-likeness (QED) is 0.839. The summed E-state index contributed by atoms with van der Waals surface area (Å²) in [5.74, 6) is 0.735. The predicted molar refractivity (Wildman–Crippen MR) is 85.5 cm³/mol. The largest absolute Gasteiger partial charge is 0.375 e. The molecule has 3 fully saturated rings. The SMILES string of the molecule is CCCNC(C1CCOC2(CCCC2)C1)C1CCC(C)O1. The van der Waals surface area contributed by atoms with Crippen molar-refractivity contribution in [2.75, 3.05) is 13.2 Å². The molecule has 1 aliphatic carbocycles. The second kappa shape index (κ2) is 6.97. The van der Waals surface area contributed by atoms with E-state index in [4.69, 9.17) is 9.47 Å². The molecule has 4 unspecified atom stereocenters. The van der Waals surface area contributed by atoms with Crippen LogP contribution in [0, 0.1) is 5.92 Å². The van der Waals surface area contributed by atoms with Gasteiger partial charge < -0.3 is 14.8 Å². The molecule has 4 atom stereocenters. The van der Waals surface area contributed by atoms with Crippen molar-refractivity contribution in [3.8, 4) is 0 Å². The summed E-state index contributed by atoms with van der Waals surface area (Å²) in [5, 5.41) is 3.83. The summed E-state index contributed by atoms with van der Waals surface area (Å²) in [7, 11) is 0. The minimum absolute atomic E-state index is 0.222. The summed E-state index contributed by atoms with van der Waals surface area (Å²) in [5.41, 5.74) is 0.222. The molecular formula is C18H33NO2. The van der Waals surface area contributed by atoms with E-state index in [0.717, 1.165) is 19.1 Å². The second-order valence-electron chi connectivity index (χ2n) is 7.53. The third-order valence-corrected chi connectivity index (χ3v) is 5.85. The highest BCUT2D eigenvalue weighted by atomic mass is 16.5. The lowest BCUT2D eigenvalue weighted by atomic mass is 9.78. The van der Waals surface area contributed by atoms with E-state index in [2.05, 4.69) is 19.2 Å². The van der Waals surface area contributed by atoms with Gasteiger partial charge in [-0.15, -0.1) is 0 Å². The minimum atomic E-state index is 0.222. The smallest absolute Gasteiger partial charge is 0.0735 e. The van der Waals surface area contributed by atoms with E-state index >= 15 is 0 Å². The van der Waals surface area contributed by atoms with Gasteiger partial charge in [0.15, 0.2) is 0 Å². The van der Waals surface area contributed by atoms with Gasteiger partial charge in [-0.2, -0.15) is 0 Å². The molecule has 1 saturated carbocycles. The summed E-state index contributed by atoms with van der Waals surface area (Å²) in [6.07, 6.45) is 12.3. The normalized spacial score (nSPS) is 37.1. The summed E-state index contributed by atoms with van der Waals surface area (Å²) in [6.45, 7) is 6.55. The third-order valence-electron chi connectivity index (χ3n) is 5.85. The molecule has 1 spiro atoms. The summed E-state index contributed by atoms with van der Waals surface area (Å²) in [6, 6.07) is 0.538. The van der Waals surface area contributed by atoms with Crippen LogP contribution in [0.2, 0.25) is 0 Å². The Kier molecular flexibility index (Phi) is 5.23. The molecule has 0 bridgehead atoms. The molecule has 3 rings (SSSR count). The lowest BCUT2D eigenvalue weighted by molar-refractivity contribution is -0.107. The molecule has 21 heavy (non-hydrogen) atoms. The standard InChI is InChI=1S/C18H33NO2/c1-3-11-19-17(16-7-6-14(2)21-16)15-8-12-20-18(13-15)9-4-5-10-18/h14-17,19H,3-13H2,1-2H3. The van der Waals surface area contributed by atoms with Crippen LogP contribution in [0.3, 0.4) is 0 Å². The summed E-state index contributed by atoms with van der Waals surface area (Å²) >= 11 is 0. The average molecular weight is 295 g/mol. The van der Waals surface area contributed by atoms with Crippen molar-refractivity contribution < 1.29 is 9.47 Å². The molecule has 3 nitrogen and oxygen atoms in total. The van der Waals surface area contributed by atoms with Crippen LogP contribution in [0.15, 0.2) is 0 Å². The van der Waals surface area contributed by atoms with Crippen molar-refractivity contribution in [1.82, 2.24) is 5.32 Å². The molecule has 2 heterocycles. The fourth-order valence-corrected chi connectivity index (χ4v) is 4.75. The Bertz CT molecular complexity index is 327. The van der Waals surface area contributed by atoms with Gasteiger partial charge in [0.25, 0.3) is 0 Å². The van der Waals surface area contributed by atoms with Crippen LogP contribution in [0.4, 0.5) is 0 Å². The van der Waals surface area contributed by atoms with Gasteiger partial charge >= 0.3 is 0 Å². The van der Waals surface area contributed by atoms with Gasteiger partial charge in [-0.05, 0) is 64.3 Å². The van der Waals surface area contributed by atoms with E-state index in [1.807, 2.05) is 0 Å². The molecule has 3 aliphatic rings. The predicted octanol–water partition coefficient (Wildman–Crippen LogP) is 3.66. The Labute approximate surface area is 130 Å². The van der Waals surface area contributed by atoms with Crippen LogP contribution < -0.4 is 5.32 Å². The Morgan fingerprint density at radius 2 is 2.00 bits per heavy atom. The highest BCUT2D eigenvalue weighted by molar-refractivity contribution is 4.97. The first-order valence-corrected chi connectivity index (χ1v) is 9.25. The molecule has 3 heteroatoms. The van der Waals surface area contributed by atoms with Crippen molar-refractivity contribution >= 4 is 0 Å². The number of nitrogens with one attached hydrogen (secondary N) is 1. The lowest BCUT2D eigenvalue weighted by Crippen LogP contribution is -2.51. The maximum atomic E-state index is 6.23. The highest BCUT2D eigenvalue weighted by Gasteiger charge is 2.44. The van der Waals surface area contributed by atoms with Crippen molar-refractivity contribution in [3.63, 3.8) is 0 Å². The average Bonchev–Trinajstić information content (AvgIpc) is 3.10. The number of hydrogen-bond donors (Lipinski definition) is 1. The van der Waals surface area contributed by atoms with Crippen molar-refractivity contribution in [3.05, 3.63) is 0 Å². The maximum Gasteiger partial charge on any atom is 0.0735 e. The van der Waals surface area contributed by atoms with E-state index in [0.29, 0.717) is 18.2 Å². The zero-order valence-corrected chi connectivity index (χ0v) is 13.9. The number of rotatable bonds is 5. The number of ether oxygens (including phenoxy) is 2. The first-order chi connectivity index (χ1) is 10.2. The van der Waals surface area contributed by atoms with Crippen LogP contribution in [0.5, 0.6) is 0 Å². The fourth-order valence-electron chi connectivity index (χ4n) is 4.75. The maximum absolute atomic E-state index is 6.23. The van der Waals surface area contributed by atoms with E-state index < -0.39 is 0 Å². The van der Waals surface area contributed by atoms with Crippen molar-refractivity contribution in [2.45, 2.75) is 95.5 Å². The molecule has 0 amide bonds.